The van der Waals surface area contributed by atoms with Crippen molar-refractivity contribution in [2.45, 2.75) is 32.2 Å². The molecule has 2 aromatic rings. The average Bonchev–Trinajstić information content (AvgIpc) is 2.57. The van der Waals surface area contributed by atoms with Gasteiger partial charge in [-0.2, -0.15) is 0 Å². The molecule has 1 heterocycles. The van der Waals surface area contributed by atoms with E-state index in [1.165, 1.54) is 0 Å². The van der Waals surface area contributed by atoms with Gasteiger partial charge in [0.1, 0.15) is 5.82 Å². The molecule has 1 aliphatic heterocycles. The van der Waals surface area contributed by atoms with Gasteiger partial charge in [0.05, 0.1) is 11.1 Å². The van der Waals surface area contributed by atoms with Crippen LogP contribution in [0.3, 0.4) is 0 Å². The molecule has 25 heavy (non-hydrogen) atoms. The van der Waals surface area contributed by atoms with E-state index in [1.54, 1.807) is 26.0 Å². The quantitative estimate of drug-likeness (QED) is 0.822. The summed E-state index contributed by atoms with van der Waals surface area (Å²) in [7, 11) is 0. The number of anilines is 1. The van der Waals surface area contributed by atoms with Crippen molar-refractivity contribution in [1.82, 2.24) is 5.32 Å². The third kappa shape index (κ3) is 3.81. The Bertz CT molecular complexity index is 793. The van der Waals surface area contributed by atoms with E-state index in [0.717, 1.165) is 12.1 Å². The maximum atomic E-state index is 14.7. The van der Waals surface area contributed by atoms with Crippen LogP contribution in [0.15, 0.2) is 36.4 Å². The number of hydrogen-bond acceptors (Lipinski definition) is 2. The minimum atomic E-state index is -0.873. The molecular weight excluding hydrogens is 362 g/mol. The molecule has 134 valence electrons. The molecule has 6 heteroatoms. The molecule has 0 atom stereocenters. The Morgan fingerprint density at radius 1 is 1.24 bits per heavy atom. The SMILES string of the molecule is CC(C)(C(=O)Nc1ccc2c(c1F)CCNC2)c1ccccc1Cl.Cl. The predicted molar refractivity (Wildman–Crippen MR) is 102 cm³/mol. The average molecular weight is 383 g/mol. The first kappa shape index (κ1) is 19.7. The second kappa shape index (κ2) is 7.73. The van der Waals surface area contributed by atoms with Gasteiger partial charge in [0, 0.05) is 11.6 Å². The lowest BCUT2D eigenvalue weighted by atomic mass is 9.83. The molecule has 3 rings (SSSR count). The van der Waals surface area contributed by atoms with Gasteiger partial charge in [-0.15, -0.1) is 12.4 Å². The number of benzene rings is 2. The van der Waals surface area contributed by atoms with E-state index in [1.807, 2.05) is 24.3 Å². The Morgan fingerprint density at radius 3 is 2.68 bits per heavy atom. The largest absolute Gasteiger partial charge is 0.323 e. The van der Waals surface area contributed by atoms with Crippen LogP contribution in [0, 0.1) is 5.82 Å². The number of hydrogen-bond donors (Lipinski definition) is 2. The third-order valence-corrected chi connectivity index (χ3v) is 4.90. The summed E-state index contributed by atoms with van der Waals surface area (Å²) in [4.78, 5) is 12.8. The topological polar surface area (TPSA) is 41.1 Å². The molecule has 2 N–H and O–H groups in total. The highest BCUT2D eigenvalue weighted by atomic mass is 35.5. The van der Waals surface area contributed by atoms with Crippen LogP contribution >= 0.6 is 24.0 Å². The van der Waals surface area contributed by atoms with E-state index in [2.05, 4.69) is 10.6 Å². The summed E-state index contributed by atoms with van der Waals surface area (Å²) in [5, 5.41) is 6.47. The molecule has 0 saturated heterocycles. The van der Waals surface area contributed by atoms with E-state index >= 15 is 0 Å². The highest BCUT2D eigenvalue weighted by Crippen LogP contribution is 2.32. The number of carbonyl (C=O) groups is 1. The van der Waals surface area contributed by atoms with Crippen molar-refractivity contribution in [2.75, 3.05) is 11.9 Å². The van der Waals surface area contributed by atoms with Gasteiger partial charge in [0.15, 0.2) is 0 Å². The van der Waals surface area contributed by atoms with Crippen LogP contribution in [0.2, 0.25) is 5.02 Å². The van der Waals surface area contributed by atoms with E-state index in [4.69, 9.17) is 11.6 Å². The van der Waals surface area contributed by atoms with Crippen molar-refractivity contribution in [3.8, 4) is 0 Å². The molecule has 0 unspecified atom stereocenters. The number of halogens is 3. The monoisotopic (exact) mass is 382 g/mol. The molecule has 0 spiro atoms. The number of rotatable bonds is 3. The molecule has 1 aliphatic rings. The van der Waals surface area contributed by atoms with Crippen LogP contribution in [-0.4, -0.2) is 12.5 Å². The lowest BCUT2D eigenvalue weighted by molar-refractivity contribution is -0.120. The lowest BCUT2D eigenvalue weighted by Crippen LogP contribution is -2.35. The molecule has 0 aromatic heterocycles. The highest BCUT2D eigenvalue weighted by molar-refractivity contribution is 6.31. The van der Waals surface area contributed by atoms with E-state index < -0.39 is 5.41 Å². The molecule has 3 nitrogen and oxygen atoms in total. The van der Waals surface area contributed by atoms with Crippen molar-refractivity contribution in [2.24, 2.45) is 0 Å². The first-order valence-electron chi connectivity index (χ1n) is 7.98. The molecule has 2 aromatic carbocycles. The molecule has 0 aliphatic carbocycles. The summed E-state index contributed by atoms with van der Waals surface area (Å²) in [6.45, 7) is 4.96. The Kier molecular flexibility index (Phi) is 6.09. The minimum Gasteiger partial charge on any atom is -0.323 e. The van der Waals surface area contributed by atoms with Gasteiger partial charge in [0.2, 0.25) is 5.91 Å². The number of nitrogens with one attached hydrogen (secondary N) is 2. The highest BCUT2D eigenvalue weighted by Gasteiger charge is 2.32. The molecular formula is C19H21Cl2FN2O. The zero-order valence-electron chi connectivity index (χ0n) is 14.2. The van der Waals surface area contributed by atoms with Gasteiger partial charge in [0.25, 0.3) is 0 Å². The van der Waals surface area contributed by atoms with Crippen LogP contribution in [0.25, 0.3) is 0 Å². The second-order valence-electron chi connectivity index (χ2n) is 6.55. The van der Waals surface area contributed by atoms with Crippen LogP contribution in [-0.2, 0) is 23.2 Å². The van der Waals surface area contributed by atoms with Gasteiger partial charge in [-0.1, -0.05) is 35.9 Å². The first-order valence-corrected chi connectivity index (χ1v) is 8.36. The Hall–Kier alpha value is -1.62. The van der Waals surface area contributed by atoms with Gasteiger partial charge in [-0.05, 0) is 55.6 Å². The zero-order chi connectivity index (χ0) is 17.3. The van der Waals surface area contributed by atoms with Crippen molar-refractivity contribution in [3.63, 3.8) is 0 Å². The fourth-order valence-corrected chi connectivity index (χ4v) is 3.37. The molecule has 1 amide bonds. The van der Waals surface area contributed by atoms with Crippen molar-refractivity contribution in [1.29, 1.82) is 0 Å². The van der Waals surface area contributed by atoms with Crippen LogP contribution < -0.4 is 10.6 Å². The number of carbonyl (C=O) groups excluding carboxylic acids is 1. The maximum Gasteiger partial charge on any atom is 0.234 e. The normalized spacial score (nSPS) is 13.6. The Balaban J connectivity index is 0.00000225. The maximum absolute atomic E-state index is 14.7. The van der Waals surface area contributed by atoms with E-state index in [0.29, 0.717) is 29.1 Å². The van der Waals surface area contributed by atoms with E-state index in [9.17, 15) is 9.18 Å². The molecule has 0 saturated carbocycles. The molecule has 0 radical (unpaired) electrons. The van der Waals surface area contributed by atoms with Crippen LogP contribution in [0.5, 0.6) is 0 Å². The number of amides is 1. The summed E-state index contributed by atoms with van der Waals surface area (Å²) >= 11 is 6.22. The predicted octanol–water partition coefficient (Wildman–Crippen LogP) is 4.46. The fraction of sp³-hybridized carbons (Fsp3) is 0.316. The minimum absolute atomic E-state index is 0. The summed E-state index contributed by atoms with van der Waals surface area (Å²) < 4.78 is 14.7. The summed E-state index contributed by atoms with van der Waals surface area (Å²) in [5.74, 6) is -0.624. The van der Waals surface area contributed by atoms with Crippen molar-refractivity contribution in [3.05, 3.63) is 63.9 Å². The van der Waals surface area contributed by atoms with Crippen LogP contribution in [0.1, 0.15) is 30.5 Å². The molecule has 0 bridgehead atoms. The standard InChI is InChI=1S/C19H20ClFN2O.ClH/c1-19(2,14-5-3-4-6-15(14)20)18(24)23-16-8-7-12-11-22-10-9-13(12)17(16)21;/h3-8,22H,9-11H2,1-2H3,(H,23,24);1H. The van der Waals surface area contributed by atoms with Crippen molar-refractivity contribution < 1.29 is 9.18 Å². The van der Waals surface area contributed by atoms with Gasteiger partial charge in [-0.3, -0.25) is 4.79 Å². The smallest absolute Gasteiger partial charge is 0.234 e. The summed E-state index contributed by atoms with van der Waals surface area (Å²) in [6, 6.07) is 10.7. The Labute approximate surface area is 158 Å². The second-order valence-corrected chi connectivity index (χ2v) is 6.96. The summed E-state index contributed by atoms with van der Waals surface area (Å²) in [5.41, 5.74) is 1.69. The fourth-order valence-electron chi connectivity index (χ4n) is 3.00. The third-order valence-electron chi connectivity index (χ3n) is 4.57. The van der Waals surface area contributed by atoms with E-state index in [-0.39, 0.29) is 29.8 Å². The first-order chi connectivity index (χ1) is 11.4. The van der Waals surface area contributed by atoms with Crippen LogP contribution in [0.4, 0.5) is 10.1 Å². The van der Waals surface area contributed by atoms with Gasteiger partial charge >= 0.3 is 0 Å². The van der Waals surface area contributed by atoms with Crippen molar-refractivity contribution >= 4 is 35.6 Å². The zero-order valence-corrected chi connectivity index (χ0v) is 15.7. The van der Waals surface area contributed by atoms with Gasteiger partial charge in [-0.25, -0.2) is 4.39 Å². The van der Waals surface area contributed by atoms with Gasteiger partial charge < -0.3 is 10.6 Å². The lowest BCUT2D eigenvalue weighted by Gasteiger charge is -2.26. The summed E-state index contributed by atoms with van der Waals surface area (Å²) in [6.07, 6.45) is 0.624. The molecule has 0 fully saturated rings. The Morgan fingerprint density at radius 2 is 1.96 bits per heavy atom. The number of fused-ring (bicyclic) bond motifs is 1.